The second-order valence-electron chi connectivity index (χ2n) is 6.23. The molecule has 2 aromatic rings. The first kappa shape index (κ1) is 18.3. The second-order valence-corrected chi connectivity index (χ2v) is 7.45. The van der Waals surface area contributed by atoms with Crippen molar-refractivity contribution in [2.24, 2.45) is 0 Å². The standard InChI is InChI=1S/C18H21ClFN3OS/c1-13(18(24)21-17-3-2-15(19)10-16(17)20)23-7-5-22(6-8-23)11-14-4-9-25-12-14/h2-4,9-10,12-13H,5-8,11H2,1H3,(H,21,24). The topological polar surface area (TPSA) is 35.6 Å². The van der Waals surface area contributed by atoms with Crippen LogP contribution in [0.1, 0.15) is 12.5 Å². The van der Waals surface area contributed by atoms with Crippen molar-refractivity contribution in [3.8, 4) is 0 Å². The van der Waals surface area contributed by atoms with E-state index in [9.17, 15) is 9.18 Å². The molecule has 1 atom stereocenters. The number of carbonyl (C=O) groups excluding carboxylic acids is 1. The van der Waals surface area contributed by atoms with Gasteiger partial charge in [0.25, 0.3) is 0 Å². The molecule has 1 amide bonds. The average Bonchev–Trinajstić information content (AvgIpc) is 3.10. The fourth-order valence-corrected chi connectivity index (χ4v) is 3.76. The van der Waals surface area contributed by atoms with Gasteiger partial charge in [0.15, 0.2) is 0 Å². The molecular formula is C18H21ClFN3OS. The number of hydrogen-bond donors (Lipinski definition) is 1. The molecule has 1 aliphatic rings. The van der Waals surface area contributed by atoms with E-state index in [0.29, 0.717) is 5.02 Å². The van der Waals surface area contributed by atoms with Gasteiger partial charge in [0.2, 0.25) is 5.91 Å². The molecule has 0 bridgehead atoms. The first-order valence-corrected chi connectivity index (χ1v) is 9.58. The molecule has 3 rings (SSSR count). The molecule has 1 aromatic heterocycles. The number of benzene rings is 1. The summed E-state index contributed by atoms with van der Waals surface area (Å²) >= 11 is 7.45. The van der Waals surface area contributed by atoms with Gasteiger partial charge in [-0.15, -0.1) is 0 Å². The molecule has 1 unspecified atom stereocenters. The van der Waals surface area contributed by atoms with Crippen LogP contribution in [0.25, 0.3) is 0 Å². The summed E-state index contributed by atoms with van der Waals surface area (Å²) < 4.78 is 13.8. The van der Waals surface area contributed by atoms with Crippen LogP contribution in [0.3, 0.4) is 0 Å². The van der Waals surface area contributed by atoms with Crippen molar-refractivity contribution in [1.82, 2.24) is 9.80 Å². The molecule has 25 heavy (non-hydrogen) atoms. The molecule has 1 fully saturated rings. The summed E-state index contributed by atoms with van der Waals surface area (Å²) in [5.74, 6) is -0.721. The zero-order valence-corrected chi connectivity index (χ0v) is 15.6. The van der Waals surface area contributed by atoms with Gasteiger partial charge in [-0.1, -0.05) is 11.6 Å². The minimum atomic E-state index is -0.520. The molecule has 0 aliphatic carbocycles. The largest absolute Gasteiger partial charge is 0.322 e. The molecule has 0 spiro atoms. The number of rotatable bonds is 5. The van der Waals surface area contributed by atoms with E-state index >= 15 is 0 Å². The molecule has 1 N–H and O–H groups in total. The maximum atomic E-state index is 13.8. The normalized spacial score (nSPS) is 17.4. The molecule has 0 saturated carbocycles. The third-order valence-electron chi connectivity index (χ3n) is 4.51. The molecule has 0 radical (unpaired) electrons. The minimum Gasteiger partial charge on any atom is -0.322 e. The van der Waals surface area contributed by atoms with Gasteiger partial charge in [-0.3, -0.25) is 14.6 Å². The number of halogens is 2. The van der Waals surface area contributed by atoms with Crippen LogP contribution in [0, 0.1) is 5.82 Å². The van der Waals surface area contributed by atoms with E-state index in [1.807, 2.05) is 6.92 Å². The Hall–Kier alpha value is -1.47. The molecule has 7 heteroatoms. The lowest BCUT2D eigenvalue weighted by molar-refractivity contribution is -0.121. The van der Waals surface area contributed by atoms with Crippen molar-refractivity contribution < 1.29 is 9.18 Å². The molecule has 1 aromatic carbocycles. The summed E-state index contributed by atoms with van der Waals surface area (Å²) in [7, 11) is 0. The quantitative estimate of drug-likeness (QED) is 0.858. The van der Waals surface area contributed by atoms with Crippen LogP contribution in [0.4, 0.5) is 10.1 Å². The van der Waals surface area contributed by atoms with Crippen molar-refractivity contribution >= 4 is 34.5 Å². The molecular weight excluding hydrogens is 361 g/mol. The van der Waals surface area contributed by atoms with Crippen molar-refractivity contribution in [2.45, 2.75) is 19.5 Å². The Morgan fingerprint density at radius 3 is 2.72 bits per heavy atom. The van der Waals surface area contributed by atoms with Gasteiger partial charge in [0.1, 0.15) is 5.82 Å². The van der Waals surface area contributed by atoms with Crippen LogP contribution >= 0.6 is 22.9 Å². The molecule has 134 valence electrons. The molecule has 1 saturated heterocycles. The summed E-state index contributed by atoms with van der Waals surface area (Å²) in [4.78, 5) is 16.9. The van der Waals surface area contributed by atoms with E-state index in [1.165, 1.54) is 17.7 Å². The number of piperazine rings is 1. The predicted octanol–water partition coefficient (Wildman–Crippen LogP) is 3.69. The Kier molecular flexibility index (Phi) is 6.06. The fourth-order valence-electron chi connectivity index (χ4n) is 2.94. The highest BCUT2D eigenvalue weighted by atomic mass is 35.5. The molecule has 4 nitrogen and oxygen atoms in total. The van der Waals surface area contributed by atoms with E-state index in [1.54, 1.807) is 17.4 Å². The first-order valence-electron chi connectivity index (χ1n) is 8.26. The number of nitrogens with zero attached hydrogens (tertiary/aromatic N) is 2. The highest BCUT2D eigenvalue weighted by Gasteiger charge is 2.26. The van der Waals surface area contributed by atoms with Crippen molar-refractivity contribution in [3.05, 3.63) is 51.4 Å². The number of carbonyl (C=O) groups is 1. The highest BCUT2D eigenvalue weighted by Crippen LogP contribution is 2.20. The van der Waals surface area contributed by atoms with Crippen LogP contribution in [0.15, 0.2) is 35.0 Å². The van der Waals surface area contributed by atoms with Crippen LogP contribution in [0.2, 0.25) is 5.02 Å². The van der Waals surface area contributed by atoms with Crippen molar-refractivity contribution in [3.63, 3.8) is 0 Å². The highest BCUT2D eigenvalue weighted by molar-refractivity contribution is 7.07. The zero-order valence-electron chi connectivity index (χ0n) is 14.0. The van der Waals surface area contributed by atoms with Gasteiger partial charge in [0, 0.05) is 37.7 Å². The van der Waals surface area contributed by atoms with Crippen LogP contribution in [-0.2, 0) is 11.3 Å². The lowest BCUT2D eigenvalue weighted by Crippen LogP contribution is -2.52. The summed E-state index contributed by atoms with van der Waals surface area (Å²) in [6, 6.07) is 6.09. The first-order chi connectivity index (χ1) is 12.0. The number of thiophene rings is 1. The lowest BCUT2D eigenvalue weighted by Gasteiger charge is -2.37. The predicted molar refractivity (Wildman–Crippen MR) is 101 cm³/mol. The smallest absolute Gasteiger partial charge is 0.241 e. The Bertz CT molecular complexity index is 717. The van der Waals surface area contributed by atoms with E-state index in [-0.39, 0.29) is 17.6 Å². The van der Waals surface area contributed by atoms with Gasteiger partial charge in [-0.05, 0) is 47.5 Å². The van der Waals surface area contributed by atoms with E-state index in [4.69, 9.17) is 11.6 Å². The van der Waals surface area contributed by atoms with Crippen molar-refractivity contribution in [1.29, 1.82) is 0 Å². The maximum Gasteiger partial charge on any atom is 0.241 e. The molecule has 2 heterocycles. The fraction of sp³-hybridized carbons (Fsp3) is 0.389. The summed E-state index contributed by atoms with van der Waals surface area (Å²) in [5.41, 5.74) is 1.50. The zero-order chi connectivity index (χ0) is 17.8. The van der Waals surface area contributed by atoms with Gasteiger partial charge in [-0.2, -0.15) is 11.3 Å². The monoisotopic (exact) mass is 381 g/mol. The minimum absolute atomic E-state index is 0.164. The van der Waals surface area contributed by atoms with E-state index < -0.39 is 5.82 Å². The third-order valence-corrected chi connectivity index (χ3v) is 5.48. The Morgan fingerprint density at radius 2 is 2.08 bits per heavy atom. The second kappa shape index (κ2) is 8.27. The average molecular weight is 382 g/mol. The Labute approximate surface area is 156 Å². The third kappa shape index (κ3) is 4.79. The molecule has 1 aliphatic heterocycles. The van der Waals surface area contributed by atoms with Gasteiger partial charge < -0.3 is 5.32 Å². The van der Waals surface area contributed by atoms with Gasteiger partial charge in [0.05, 0.1) is 11.7 Å². The van der Waals surface area contributed by atoms with Crippen LogP contribution in [0.5, 0.6) is 0 Å². The van der Waals surface area contributed by atoms with Gasteiger partial charge >= 0.3 is 0 Å². The Balaban J connectivity index is 1.51. The van der Waals surface area contributed by atoms with E-state index in [0.717, 1.165) is 32.7 Å². The van der Waals surface area contributed by atoms with Crippen LogP contribution < -0.4 is 5.32 Å². The number of anilines is 1. The number of hydrogen-bond acceptors (Lipinski definition) is 4. The summed E-state index contributed by atoms with van der Waals surface area (Å²) in [6.45, 7) is 6.29. The Morgan fingerprint density at radius 1 is 1.32 bits per heavy atom. The van der Waals surface area contributed by atoms with Gasteiger partial charge in [-0.25, -0.2) is 4.39 Å². The van der Waals surface area contributed by atoms with E-state index in [2.05, 4.69) is 31.9 Å². The van der Waals surface area contributed by atoms with Crippen LogP contribution in [-0.4, -0.2) is 47.9 Å². The summed E-state index contributed by atoms with van der Waals surface area (Å²) in [5, 5.41) is 7.23. The number of nitrogens with one attached hydrogen (secondary N) is 1. The lowest BCUT2D eigenvalue weighted by atomic mass is 10.2. The number of amides is 1. The van der Waals surface area contributed by atoms with Crippen molar-refractivity contribution in [2.75, 3.05) is 31.5 Å². The maximum absolute atomic E-state index is 13.8. The summed E-state index contributed by atoms with van der Waals surface area (Å²) in [6.07, 6.45) is 0. The SMILES string of the molecule is CC(C(=O)Nc1ccc(Cl)cc1F)N1CCN(Cc2ccsc2)CC1.